The molecular formula is C31H35N7O5. The number of likely N-dealkylation sites (tertiary alicyclic amines) is 1. The summed E-state index contributed by atoms with van der Waals surface area (Å²) in [6.45, 7) is 0.304. The molecule has 1 aliphatic rings. The maximum absolute atomic E-state index is 13.9. The number of rotatable bonds is 12. The van der Waals surface area contributed by atoms with Crippen molar-refractivity contribution >= 4 is 34.6 Å². The van der Waals surface area contributed by atoms with E-state index in [9.17, 15) is 24.3 Å². The molecule has 12 heteroatoms. The zero-order valence-electron chi connectivity index (χ0n) is 23.5. The lowest BCUT2D eigenvalue weighted by molar-refractivity contribution is -0.144. The Morgan fingerprint density at radius 2 is 1.74 bits per heavy atom. The van der Waals surface area contributed by atoms with Gasteiger partial charge < -0.3 is 36.3 Å². The highest BCUT2D eigenvalue weighted by Gasteiger charge is 2.39. The number of aromatic amines is 2. The minimum atomic E-state index is -1.19. The van der Waals surface area contributed by atoms with Crippen LogP contribution in [0, 0.1) is 0 Å². The van der Waals surface area contributed by atoms with E-state index < -0.39 is 47.9 Å². The molecule has 1 aliphatic heterocycles. The van der Waals surface area contributed by atoms with Gasteiger partial charge in [0.2, 0.25) is 17.7 Å². The zero-order chi connectivity index (χ0) is 30.3. The Morgan fingerprint density at radius 1 is 0.977 bits per heavy atom. The quantitative estimate of drug-likeness (QED) is 0.145. The summed E-state index contributed by atoms with van der Waals surface area (Å²) in [5.74, 6) is -2.64. The zero-order valence-corrected chi connectivity index (χ0v) is 23.5. The lowest BCUT2D eigenvalue weighted by Gasteiger charge is -2.30. The maximum atomic E-state index is 13.9. The number of H-pyrrole nitrogens is 2. The van der Waals surface area contributed by atoms with E-state index in [0.717, 1.165) is 22.0 Å². The molecule has 4 unspecified atom stereocenters. The van der Waals surface area contributed by atoms with Gasteiger partial charge in [-0.1, -0.05) is 48.5 Å². The molecule has 12 nitrogen and oxygen atoms in total. The van der Waals surface area contributed by atoms with Crippen LogP contribution in [0.1, 0.15) is 29.7 Å². The molecule has 7 N–H and O–H groups in total. The van der Waals surface area contributed by atoms with Crippen molar-refractivity contribution in [2.24, 2.45) is 5.73 Å². The average Bonchev–Trinajstić information content (AvgIpc) is 3.78. The normalized spacial score (nSPS) is 16.9. The third-order valence-corrected chi connectivity index (χ3v) is 7.78. The van der Waals surface area contributed by atoms with Crippen molar-refractivity contribution in [1.29, 1.82) is 0 Å². The Labute approximate surface area is 248 Å². The van der Waals surface area contributed by atoms with Gasteiger partial charge in [-0.05, 0) is 30.0 Å². The van der Waals surface area contributed by atoms with Crippen LogP contribution in [0.25, 0.3) is 10.9 Å². The van der Waals surface area contributed by atoms with Gasteiger partial charge in [-0.15, -0.1) is 0 Å². The second-order valence-electron chi connectivity index (χ2n) is 10.8. The molecule has 0 aliphatic carbocycles. The number of aromatic nitrogens is 3. The van der Waals surface area contributed by atoms with E-state index in [-0.39, 0.29) is 19.3 Å². The first-order chi connectivity index (χ1) is 20.8. The summed E-state index contributed by atoms with van der Waals surface area (Å²) < 4.78 is 0. The predicted molar refractivity (Wildman–Crippen MR) is 159 cm³/mol. The number of nitrogens with one attached hydrogen (secondary N) is 4. The number of fused-ring (bicyclic) bond motifs is 1. The van der Waals surface area contributed by atoms with Crippen molar-refractivity contribution in [1.82, 2.24) is 30.5 Å². The third kappa shape index (κ3) is 7.09. The van der Waals surface area contributed by atoms with E-state index in [1.807, 2.05) is 54.6 Å². The second kappa shape index (κ2) is 13.3. The van der Waals surface area contributed by atoms with Gasteiger partial charge >= 0.3 is 5.97 Å². The van der Waals surface area contributed by atoms with Gasteiger partial charge in [0, 0.05) is 54.8 Å². The lowest BCUT2D eigenvalue weighted by atomic mass is 10.0. The van der Waals surface area contributed by atoms with Crippen molar-refractivity contribution in [3.63, 3.8) is 0 Å². The third-order valence-electron chi connectivity index (χ3n) is 7.78. The fraction of sp³-hybridized carbons (Fsp3) is 0.323. The summed E-state index contributed by atoms with van der Waals surface area (Å²) >= 11 is 0. The number of carbonyl (C=O) groups is 4. The van der Waals surface area contributed by atoms with Crippen LogP contribution < -0.4 is 16.4 Å². The van der Waals surface area contributed by atoms with Crippen molar-refractivity contribution in [2.45, 2.75) is 56.3 Å². The number of carboxylic acid groups (broad SMARTS) is 1. The smallest absolute Gasteiger partial charge is 0.326 e. The summed E-state index contributed by atoms with van der Waals surface area (Å²) in [7, 11) is 0. The van der Waals surface area contributed by atoms with Crippen LogP contribution >= 0.6 is 0 Å². The fourth-order valence-corrected chi connectivity index (χ4v) is 5.55. The molecular weight excluding hydrogens is 550 g/mol. The van der Waals surface area contributed by atoms with Crippen molar-refractivity contribution in [3.05, 3.63) is 90.1 Å². The first-order valence-corrected chi connectivity index (χ1v) is 14.3. The van der Waals surface area contributed by atoms with Crippen LogP contribution in [0.15, 0.2) is 73.3 Å². The van der Waals surface area contributed by atoms with Gasteiger partial charge in [-0.2, -0.15) is 0 Å². The minimum Gasteiger partial charge on any atom is -0.480 e. The summed E-state index contributed by atoms with van der Waals surface area (Å²) in [6, 6.07) is 12.8. The summed E-state index contributed by atoms with van der Waals surface area (Å²) in [5.41, 5.74) is 9.29. The number of carboxylic acids is 1. The highest BCUT2D eigenvalue weighted by atomic mass is 16.4. The van der Waals surface area contributed by atoms with Crippen molar-refractivity contribution in [3.8, 4) is 0 Å². The summed E-state index contributed by atoms with van der Waals surface area (Å²) in [5, 5.41) is 16.3. The van der Waals surface area contributed by atoms with Crippen LogP contribution in [0.5, 0.6) is 0 Å². The van der Waals surface area contributed by atoms with Gasteiger partial charge in [0.15, 0.2) is 0 Å². The summed E-state index contributed by atoms with van der Waals surface area (Å²) in [4.78, 5) is 64.0. The van der Waals surface area contributed by atoms with Crippen molar-refractivity contribution < 1.29 is 24.3 Å². The molecule has 224 valence electrons. The SMILES string of the molecule is NC(Cc1cnc[nH]1)C(=O)NC(Cc1ccccc1)C(=O)N1CCCC1C(=O)NC(Cc1c[nH]c2ccccc12)C(=O)O. The number of carbonyl (C=O) groups excluding carboxylic acids is 3. The highest BCUT2D eigenvalue weighted by molar-refractivity contribution is 5.95. The van der Waals surface area contributed by atoms with E-state index >= 15 is 0 Å². The Balaban J connectivity index is 1.30. The van der Waals surface area contributed by atoms with E-state index in [2.05, 4.69) is 25.6 Å². The molecule has 3 amide bonds. The highest BCUT2D eigenvalue weighted by Crippen LogP contribution is 2.22. The molecule has 1 saturated heterocycles. The van der Waals surface area contributed by atoms with Gasteiger partial charge in [-0.3, -0.25) is 14.4 Å². The number of para-hydroxylation sites is 1. The molecule has 0 radical (unpaired) electrons. The van der Waals surface area contributed by atoms with E-state index in [1.165, 1.54) is 11.2 Å². The molecule has 43 heavy (non-hydrogen) atoms. The average molecular weight is 586 g/mol. The Hall–Kier alpha value is -4.97. The fourth-order valence-electron chi connectivity index (χ4n) is 5.55. The number of imidazole rings is 1. The molecule has 2 aromatic heterocycles. The monoisotopic (exact) mass is 585 g/mol. The van der Waals surface area contributed by atoms with Crippen LogP contribution in [0.2, 0.25) is 0 Å². The minimum absolute atomic E-state index is 0.0761. The molecule has 0 bridgehead atoms. The lowest BCUT2D eigenvalue weighted by Crippen LogP contribution is -2.57. The Bertz CT molecular complexity index is 1570. The second-order valence-corrected chi connectivity index (χ2v) is 10.8. The van der Waals surface area contributed by atoms with E-state index in [4.69, 9.17) is 5.73 Å². The van der Waals surface area contributed by atoms with Crippen LogP contribution in [0.4, 0.5) is 0 Å². The number of hydrogen-bond donors (Lipinski definition) is 6. The number of amides is 3. The van der Waals surface area contributed by atoms with Crippen LogP contribution in [-0.4, -0.2) is 79.4 Å². The molecule has 4 aromatic rings. The van der Waals surface area contributed by atoms with Gasteiger partial charge in [-0.25, -0.2) is 9.78 Å². The topological polar surface area (TPSA) is 186 Å². The Morgan fingerprint density at radius 3 is 2.49 bits per heavy atom. The first kappa shape index (κ1) is 29.5. The van der Waals surface area contributed by atoms with Crippen LogP contribution in [0.3, 0.4) is 0 Å². The van der Waals surface area contributed by atoms with E-state index in [1.54, 1.807) is 12.4 Å². The van der Waals surface area contributed by atoms with Gasteiger partial charge in [0.25, 0.3) is 0 Å². The van der Waals surface area contributed by atoms with Gasteiger partial charge in [0.05, 0.1) is 12.4 Å². The number of hydrogen-bond acceptors (Lipinski definition) is 6. The number of aliphatic carboxylic acids is 1. The largest absolute Gasteiger partial charge is 0.480 e. The van der Waals surface area contributed by atoms with Crippen LogP contribution in [-0.2, 0) is 38.4 Å². The summed E-state index contributed by atoms with van der Waals surface area (Å²) in [6.07, 6.45) is 6.24. The molecule has 3 heterocycles. The van der Waals surface area contributed by atoms with Crippen molar-refractivity contribution in [2.75, 3.05) is 6.54 Å². The molecule has 2 aromatic carbocycles. The predicted octanol–water partition coefficient (Wildman–Crippen LogP) is 1.29. The molecule has 5 rings (SSSR count). The number of benzene rings is 2. The maximum Gasteiger partial charge on any atom is 0.326 e. The standard InChI is InChI=1S/C31H35N7O5/c32-23(15-21-17-33-18-35-21)28(39)36-25(13-19-7-2-1-3-8-19)30(41)38-12-6-11-27(38)29(40)37-26(31(42)43)14-20-16-34-24-10-5-4-9-22(20)24/h1-5,7-10,16-18,23,25-27,34H,6,11-15,32H2,(H,33,35)(H,36,39)(H,37,40)(H,42,43). The molecule has 0 spiro atoms. The first-order valence-electron chi connectivity index (χ1n) is 14.3. The van der Waals surface area contributed by atoms with E-state index in [0.29, 0.717) is 25.1 Å². The Kier molecular flexibility index (Phi) is 9.16. The number of nitrogens with two attached hydrogens (primary N) is 1. The molecule has 1 fully saturated rings. The molecule has 0 saturated carbocycles. The number of nitrogens with zero attached hydrogens (tertiary/aromatic N) is 2. The molecule has 4 atom stereocenters. The van der Waals surface area contributed by atoms with Gasteiger partial charge in [0.1, 0.15) is 18.1 Å².